The monoisotopic (exact) mass is 426 g/mol. The molecule has 6 nitrogen and oxygen atoms in total. The van der Waals surface area contributed by atoms with E-state index in [1.165, 1.54) is 32.4 Å². The molecule has 0 amide bonds. The Morgan fingerprint density at radius 2 is 1.71 bits per heavy atom. The number of ether oxygens (including phenoxy) is 1. The molecular formula is C25H38N4O2. The highest BCUT2D eigenvalue weighted by Crippen LogP contribution is 2.32. The Balaban J connectivity index is 1.35. The summed E-state index contributed by atoms with van der Waals surface area (Å²) in [5.41, 5.74) is 0.962. The van der Waals surface area contributed by atoms with Crippen LogP contribution in [-0.4, -0.2) is 64.8 Å². The van der Waals surface area contributed by atoms with Crippen molar-refractivity contribution in [2.24, 2.45) is 0 Å². The molecule has 4 rings (SSSR count). The van der Waals surface area contributed by atoms with Crippen LogP contribution < -0.4 is 10.4 Å². The summed E-state index contributed by atoms with van der Waals surface area (Å²) in [6.45, 7) is 5.30. The molecule has 2 aliphatic rings. The smallest absolute Gasteiger partial charge is 0.332 e. The minimum absolute atomic E-state index is 0.0666. The average molecular weight is 427 g/mol. The van der Waals surface area contributed by atoms with Crippen LogP contribution in [0.15, 0.2) is 41.5 Å². The SMILES string of the molecule is CCCCOc1ccc(-n2ccn(C3CCC(N4CCC(N(C)C)C4)CC3)c2=O)cc1. The van der Waals surface area contributed by atoms with Gasteiger partial charge in [0.1, 0.15) is 5.75 Å². The third-order valence-corrected chi connectivity index (χ3v) is 7.19. The molecule has 1 aliphatic heterocycles. The number of likely N-dealkylation sites (tertiary alicyclic amines) is 1. The highest BCUT2D eigenvalue weighted by atomic mass is 16.5. The lowest BCUT2D eigenvalue weighted by atomic mass is 9.90. The highest BCUT2D eigenvalue weighted by Gasteiger charge is 2.32. The lowest BCUT2D eigenvalue weighted by Gasteiger charge is -2.35. The van der Waals surface area contributed by atoms with Gasteiger partial charge in [0.2, 0.25) is 0 Å². The van der Waals surface area contributed by atoms with Gasteiger partial charge < -0.3 is 9.64 Å². The van der Waals surface area contributed by atoms with Gasteiger partial charge in [-0.15, -0.1) is 0 Å². The maximum absolute atomic E-state index is 13.1. The predicted molar refractivity (Wildman–Crippen MR) is 125 cm³/mol. The Morgan fingerprint density at radius 1 is 1.00 bits per heavy atom. The summed E-state index contributed by atoms with van der Waals surface area (Å²) in [6, 6.07) is 9.54. The molecule has 1 aromatic carbocycles. The molecule has 2 heterocycles. The van der Waals surface area contributed by atoms with Crippen LogP contribution in [0.5, 0.6) is 5.75 Å². The summed E-state index contributed by atoms with van der Waals surface area (Å²) in [5.74, 6) is 0.862. The Hall–Kier alpha value is -2.05. The van der Waals surface area contributed by atoms with E-state index in [9.17, 15) is 4.79 Å². The molecule has 1 saturated heterocycles. The lowest BCUT2D eigenvalue weighted by molar-refractivity contribution is 0.154. The van der Waals surface area contributed by atoms with Gasteiger partial charge in [0.15, 0.2) is 0 Å². The second-order valence-electron chi connectivity index (χ2n) is 9.42. The van der Waals surface area contributed by atoms with Crippen LogP contribution in [0.1, 0.15) is 57.9 Å². The molecule has 2 fully saturated rings. The molecule has 6 heteroatoms. The molecule has 31 heavy (non-hydrogen) atoms. The number of hydrogen-bond acceptors (Lipinski definition) is 4. The molecule has 0 bridgehead atoms. The standard InChI is InChI=1S/C25H38N4O2/c1-4-5-18-31-24-12-10-22(11-13-24)29-17-16-28(25(29)30)21-8-6-20(7-9-21)27-15-14-23(19-27)26(2)3/h10-13,16-17,20-21,23H,4-9,14-15,18-19H2,1-3H3. The zero-order valence-electron chi connectivity index (χ0n) is 19.4. The van der Waals surface area contributed by atoms with E-state index in [0.717, 1.165) is 43.7 Å². The molecule has 0 spiro atoms. The van der Waals surface area contributed by atoms with Crippen molar-refractivity contribution in [3.63, 3.8) is 0 Å². The lowest BCUT2D eigenvalue weighted by Crippen LogP contribution is -2.40. The molecule has 1 aliphatic carbocycles. The number of likely N-dealkylation sites (N-methyl/N-ethyl adjacent to an activating group) is 1. The first-order chi connectivity index (χ1) is 15.1. The van der Waals surface area contributed by atoms with Gasteiger partial charge in [-0.3, -0.25) is 14.0 Å². The van der Waals surface area contributed by atoms with Crippen LogP contribution in [-0.2, 0) is 0 Å². The van der Waals surface area contributed by atoms with Crippen molar-refractivity contribution >= 4 is 0 Å². The highest BCUT2D eigenvalue weighted by molar-refractivity contribution is 5.37. The maximum Gasteiger partial charge on any atom is 0.332 e. The van der Waals surface area contributed by atoms with Gasteiger partial charge in [-0.25, -0.2) is 4.79 Å². The van der Waals surface area contributed by atoms with E-state index >= 15 is 0 Å². The van der Waals surface area contributed by atoms with Gasteiger partial charge in [0.25, 0.3) is 0 Å². The van der Waals surface area contributed by atoms with E-state index in [4.69, 9.17) is 4.74 Å². The van der Waals surface area contributed by atoms with Gasteiger partial charge in [-0.2, -0.15) is 0 Å². The number of nitrogens with zero attached hydrogens (tertiary/aromatic N) is 4. The van der Waals surface area contributed by atoms with E-state index in [2.05, 4.69) is 30.8 Å². The fraction of sp³-hybridized carbons (Fsp3) is 0.640. The fourth-order valence-corrected chi connectivity index (χ4v) is 5.12. The molecule has 1 atom stereocenters. The quantitative estimate of drug-likeness (QED) is 0.600. The van der Waals surface area contributed by atoms with Gasteiger partial charge in [0.05, 0.1) is 12.3 Å². The summed E-state index contributed by atoms with van der Waals surface area (Å²) in [5, 5.41) is 0. The van der Waals surface area contributed by atoms with E-state index in [1.807, 2.05) is 41.2 Å². The summed E-state index contributed by atoms with van der Waals surface area (Å²) >= 11 is 0. The molecule has 0 radical (unpaired) electrons. The molecular weight excluding hydrogens is 388 g/mol. The van der Waals surface area contributed by atoms with Crippen LogP contribution in [0.2, 0.25) is 0 Å². The molecule has 0 N–H and O–H groups in total. The molecule has 1 unspecified atom stereocenters. The van der Waals surface area contributed by atoms with Crippen LogP contribution >= 0.6 is 0 Å². The van der Waals surface area contributed by atoms with Crippen LogP contribution in [0.3, 0.4) is 0 Å². The molecule has 1 saturated carbocycles. The first-order valence-electron chi connectivity index (χ1n) is 12.0. The number of aromatic nitrogens is 2. The Morgan fingerprint density at radius 3 is 2.35 bits per heavy atom. The van der Waals surface area contributed by atoms with Crippen LogP contribution in [0.25, 0.3) is 5.69 Å². The van der Waals surface area contributed by atoms with Crippen LogP contribution in [0, 0.1) is 0 Å². The van der Waals surface area contributed by atoms with Crippen molar-refractivity contribution in [3.05, 3.63) is 47.1 Å². The Bertz CT molecular complexity index is 878. The maximum atomic E-state index is 13.1. The van der Waals surface area contributed by atoms with Crippen molar-refractivity contribution in [3.8, 4) is 11.4 Å². The first-order valence-corrected chi connectivity index (χ1v) is 12.0. The molecule has 1 aromatic heterocycles. The summed E-state index contributed by atoms with van der Waals surface area (Å²) in [7, 11) is 4.38. The largest absolute Gasteiger partial charge is 0.494 e. The summed E-state index contributed by atoms with van der Waals surface area (Å²) < 4.78 is 9.45. The van der Waals surface area contributed by atoms with Crippen molar-refractivity contribution in [2.75, 3.05) is 33.8 Å². The van der Waals surface area contributed by atoms with Crippen molar-refractivity contribution in [1.29, 1.82) is 0 Å². The van der Waals surface area contributed by atoms with Crippen molar-refractivity contribution < 1.29 is 4.74 Å². The summed E-state index contributed by atoms with van der Waals surface area (Å²) in [4.78, 5) is 18.1. The minimum atomic E-state index is 0.0666. The third-order valence-electron chi connectivity index (χ3n) is 7.19. The number of imidazole rings is 1. The summed E-state index contributed by atoms with van der Waals surface area (Å²) in [6.07, 6.45) is 11.9. The zero-order chi connectivity index (χ0) is 21.8. The van der Waals surface area contributed by atoms with Gasteiger partial charge in [0, 0.05) is 43.6 Å². The minimum Gasteiger partial charge on any atom is -0.494 e. The average Bonchev–Trinajstić information content (AvgIpc) is 3.42. The number of benzene rings is 1. The second kappa shape index (κ2) is 10.0. The van der Waals surface area contributed by atoms with Gasteiger partial charge in [-0.05, 0) is 76.9 Å². The van der Waals surface area contributed by atoms with Crippen molar-refractivity contribution in [2.45, 2.75) is 70.0 Å². The zero-order valence-corrected chi connectivity index (χ0v) is 19.4. The fourth-order valence-electron chi connectivity index (χ4n) is 5.12. The Labute approximate surface area is 186 Å². The van der Waals surface area contributed by atoms with E-state index in [-0.39, 0.29) is 5.69 Å². The predicted octanol–water partition coefficient (Wildman–Crippen LogP) is 3.94. The van der Waals surface area contributed by atoms with Crippen molar-refractivity contribution in [1.82, 2.24) is 18.9 Å². The van der Waals surface area contributed by atoms with E-state index in [1.54, 1.807) is 4.57 Å². The number of unbranched alkanes of at least 4 members (excludes halogenated alkanes) is 1. The Kier molecular flexibility index (Phi) is 7.18. The molecule has 2 aromatic rings. The van der Waals surface area contributed by atoms with Gasteiger partial charge >= 0.3 is 5.69 Å². The normalized spacial score (nSPS) is 24.7. The third kappa shape index (κ3) is 5.07. The van der Waals surface area contributed by atoms with Crippen LogP contribution in [0.4, 0.5) is 0 Å². The second-order valence-corrected chi connectivity index (χ2v) is 9.42. The van der Waals surface area contributed by atoms with E-state index < -0.39 is 0 Å². The van der Waals surface area contributed by atoms with E-state index in [0.29, 0.717) is 18.1 Å². The van der Waals surface area contributed by atoms with Gasteiger partial charge in [-0.1, -0.05) is 13.3 Å². The number of rotatable bonds is 8. The number of hydrogen-bond donors (Lipinski definition) is 0. The molecule has 170 valence electrons. The first kappa shape index (κ1) is 22.2. The topological polar surface area (TPSA) is 42.6 Å².